The van der Waals surface area contributed by atoms with Gasteiger partial charge in [0.15, 0.2) is 5.78 Å². The third-order valence-corrected chi connectivity index (χ3v) is 3.53. The summed E-state index contributed by atoms with van der Waals surface area (Å²) in [5.74, 6) is 0.359. The van der Waals surface area contributed by atoms with Gasteiger partial charge in [0.05, 0.1) is 0 Å². The number of unbranched alkanes of at least 4 members (excludes halogenated alkanes) is 5. The largest absolute Gasteiger partial charge is 0.388 e. The Kier molecular flexibility index (Phi) is 6.99. The lowest BCUT2D eigenvalue weighted by Crippen LogP contribution is -2.15. The molecule has 98 valence electrons. The molecule has 0 aromatic carbocycles. The van der Waals surface area contributed by atoms with E-state index >= 15 is 0 Å². The number of ketones is 1. The molecule has 0 amide bonds. The number of allylic oxidation sites excluding steroid dienone is 2. The van der Waals surface area contributed by atoms with Crippen LogP contribution in [0.1, 0.15) is 71.6 Å². The van der Waals surface area contributed by atoms with Crippen LogP contribution in [0, 0.1) is 0 Å². The quantitative estimate of drug-likeness (QED) is 0.615. The van der Waals surface area contributed by atoms with Crippen LogP contribution in [0.15, 0.2) is 11.3 Å². The fourth-order valence-electron chi connectivity index (χ4n) is 2.46. The molecule has 0 bridgehead atoms. The molecule has 0 radical (unpaired) electrons. The van der Waals surface area contributed by atoms with E-state index in [2.05, 4.69) is 19.2 Å². The summed E-state index contributed by atoms with van der Waals surface area (Å²) in [7, 11) is 0. The van der Waals surface area contributed by atoms with E-state index < -0.39 is 0 Å². The summed E-state index contributed by atoms with van der Waals surface area (Å²) in [6.45, 7) is 5.36. The molecule has 1 aliphatic rings. The molecule has 0 spiro atoms. The first-order valence-corrected chi connectivity index (χ1v) is 7.28. The minimum absolute atomic E-state index is 0.359. The number of nitrogens with one attached hydrogen (secondary N) is 1. The number of hydrogen-bond acceptors (Lipinski definition) is 2. The van der Waals surface area contributed by atoms with E-state index in [1.54, 1.807) is 0 Å². The van der Waals surface area contributed by atoms with Crippen molar-refractivity contribution < 1.29 is 4.79 Å². The Hall–Kier alpha value is -0.790. The fraction of sp³-hybridized carbons (Fsp3) is 0.800. The lowest BCUT2D eigenvalue weighted by atomic mass is 10.1. The van der Waals surface area contributed by atoms with Gasteiger partial charge in [-0.25, -0.2) is 0 Å². The van der Waals surface area contributed by atoms with Crippen molar-refractivity contribution in [3.05, 3.63) is 11.3 Å². The van der Waals surface area contributed by atoms with Crippen LogP contribution in [0.4, 0.5) is 0 Å². The number of carbonyl (C=O) groups excluding carboxylic acids is 1. The summed E-state index contributed by atoms with van der Waals surface area (Å²) >= 11 is 0. The van der Waals surface area contributed by atoms with E-state index in [0.29, 0.717) is 5.78 Å². The Morgan fingerprint density at radius 1 is 1.00 bits per heavy atom. The molecule has 1 rings (SSSR count). The highest BCUT2D eigenvalue weighted by Gasteiger charge is 2.20. The Bertz CT molecular complexity index is 268. The minimum Gasteiger partial charge on any atom is -0.388 e. The van der Waals surface area contributed by atoms with Gasteiger partial charge in [-0.05, 0) is 19.3 Å². The molecular weight excluding hydrogens is 210 g/mol. The van der Waals surface area contributed by atoms with Crippen LogP contribution in [0.5, 0.6) is 0 Å². The lowest BCUT2D eigenvalue weighted by Gasteiger charge is -2.08. The second-order valence-corrected chi connectivity index (χ2v) is 4.93. The molecule has 0 atom stereocenters. The molecule has 1 aliphatic carbocycles. The van der Waals surface area contributed by atoms with Gasteiger partial charge in [0, 0.05) is 24.2 Å². The standard InChI is InChI=1S/C15H27NO/c1-3-5-6-7-8-9-12-16-14-10-11-15(17)13(14)4-2/h16H,3-12H2,1-2H3. The molecule has 0 saturated carbocycles. The van der Waals surface area contributed by atoms with Crippen LogP contribution < -0.4 is 5.32 Å². The highest BCUT2D eigenvalue weighted by Crippen LogP contribution is 2.23. The Morgan fingerprint density at radius 3 is 2.41 bits per heavy atom. The maximum Gasteiger partial charge on any atom is 0.160 e. The maximum atomic E-state index is 11.5. The second kappa shape index (κ2) is 8.32. The van der Waals surface area contributed by atoms with Gasteiger partial charge in [-0.1, -0.05) is 46.0 Å². The average Bonchev–Trinajstić information content (AvgIpc) is 2.69. The number of rotatable bonds is 9. The van der Waals surface area contributed by atoms with Crippen LogP contribution >= 0.6 is 0 Å². The van der Waals surface area contributed by atoms with Crippen molar-refractivity contribution >= 4 is 5.78 Å². The predicted octanol–water partition coefficient (Wildman–Crippen LogP) is 3.96. The first-order valence-electron chi connectivity index (χ1n) is 7.28. The van der Waals surface area contributed by atoms with E-state index in [0.717, 1.165) is 31.4 Å². The van der Waals surface area contributed by atoms with Crippen molar-refractivity contribution in [1.29, 1.82) is 0 Å². The predicted molar refractivity (Wildman–Crippen MR) is 72.9 cm³/mol. The topological polar surface area (TPSA) is 29.1 Å². The lowest BCUT2D eigenvalue weighted by molar-refractivity contribution is -0.115. The summed E-state index contributed by atoms with van der Waals surface area (Å²) < 4.78 is 0. The van der Waals surface area contributed by atoms with Crippen LogP contribution in [0.2, 0.25) is 0 Å². The molecule has 0 aromatic heterocycles. The van der Waals surface area contributed by atoms with E-state index in [1.165, 1.54) is 44.2 Å². The third-order valence-electron chi connectivity index (χ3n) is 3.53. The zero-order valence-corrected chi connectivity index (χ0v) is 11.5. The maximum absolute atomic E-state index is 11.5. The monoisotopic (exact) mass is 237 g/mol. The summed E-state index contributed by atoms with van der Waals surface area (Å²) in [5, 5.41) is 3.46. The van der Waals surface area contributed by atoms with Gasteiger partial charge in [-0.3, -0.25) is 4.79 Å². The van der Waals surface area contributed by atoms with Gasteiger partial charge in [-0.15, -0.1) is 0 Å². The molecule has 2 heteroatoms. The van der Waals surface area contributed by atoms with Gasteiger partial charge in [0.2, 0.25) is 0 Å². The van der Waals surface area contributed by atoms with Crippen molar-refractivity contribution in [3.8, 4) is 0 Å². The minimum atomic E-state index is 0.359. The molecule has 17 heavy (non-hydrogen) atoms. The molecule has 2 nitrogen and oxygen atoms in total. The molecular formula is C15H27NO. The average molecular weight is 237 g/mol. The van der Waals surface area contributed by atoms with Gasteiger partial charge in [0.1, 0.15) is 0 Å². The second-order valence-electron chi connectivity index (χ2n) is 4.93. The normalized spacial score (nSPS) is 15.8. The first kappa shape index (κ1) is 14.3. The van der Waals surface area contributed by atoms with Crippen molar-refractivity contribution in [2.75, 3.05) is 6.54 Å². The molecule has 0 aromatic rings. The van der Waals surface area contributed by atoms with Crippen molar-refractivity contribution in [2.24, 2.45) is 0 Å². The molecule has 0 fully saturated rings. The van der Waals surface area contributed by atoms with Crippen LogP contribution in [-0.4, -0.2) is 12.3 Å². The first-order chi connectivity index (χ1) is 8.29. The highest BCUT2D eigenvalue weighted by atomic mass is 16.1. The van der Waals surface area contributed by atoms with E-state index in [4.69, 9.17) is 0 Å². The van der Waals surface area contributed by atoms with Crippen LogP contribution in [-0.2, 0) is 4.79 Å². The van der Waals surface area contributed by atoms with Crippen molar-refractivity contribution in [3.63, 3.8) is 0 Å². The fourth-order valence-corrected chi connectivity index (χ4v) is 2.46. The summed E-state index contributed by atoms with van der Waals surface area (Å²) in [6.07, 6.45) is 10.5. The molecule has 0 aliphatic heterocycles. The Morgan fingerprint density at radius 2 is 1.71 bits per heavy atom. The Labute approximate surface area is 106 Å². The smallest absolute Gasteiger partial charge is 0.160 e. The van der Waals surface area contributed by atoms with E-state index in [1.807, 2.05) is 0 Å². The van der Waals surface area contributed by atoms with Crippen molar-refractivity contribution in [1.82, 2.24) is 5.32 Å². The molecule has 0 heterocycles. The van der Waals surface area contributed by atoms with E-state index in [-0.39, 0.29) is 0 Å². The van der Waals surface area contributed by atoms with Crippen LogP contribution in [0.25, 0.3) is 0 Å². The SMILES string of the molecule is CCCCCCCCNC1=C(CC)C(=O)CC1. The van der Waals surface area contributed by atoms with Crippen molar-refractivity contribution in [2.45, 2.75) is 71.6 Å². The van der Waals surface area contributed by atoms with Crippen LogP contribution in [0.3, 0.4) is 0 Å². The number of hydrogen-bond donors (Lipinski definition) is 1. The third kappa shape index (κ3) is 4.93. The Balaban J connectivity index is 2.10. The van der Waals surface area contributed by atoms with Gasteiger partial charge < -0.3 is 5.32 Å². The number of Topliss-reactive ketones (excluding diaryl/α,β-unsaturated/α-hetero) is 1. The van der Waals surface area contributed by atoms with Gasteiger partial charge in [0.25, 0.3) is 0 Å². The zero-order valence-electron chi connectivity index (χ0n) is 11.5. The molecule has 0 saturated heterocycles. The zero-order chi connectivity index (χ0) is 12.5. The summed E-state index contributed by atoms with van der Waals surface area (Å²) in [4.78, 5) is 11.5. The van der Waals surface area contributed by atoms with Gasteiger partial charge >= 0.3 is 0 Å². The summed E-state index contributed by atoms with van der Waals surface area (Å²) in [5.41, 5.74) is 2.28. The summed E-state index contributed by atoms with van der Waals surface area (Å²) in [6, 6.07) is 0. The number of carbonyl (C=O) groups is 1. The van der Waals surface area contributed by atoms with Gasteiger partial charge in [-0.2, -0.15) is 0 Å². The molecule has 0 unspecified atom stereocenters. The molecule has 1 N–H and O–H groups in total. The van der Waals surface area contributed by atoms with E-state index in [9.17, 15) is 4.79 Å². The highest BCUT2D eigenvalue weighted by molar-refractivity contribution is 5.98.